The molecule has 18 heavy (non-hydrogen) atoms. The Hall–Kier alpha value is -0.380. The monoisotopic (exact) mass is 266 g/mol. The average Bonchev–Trinajstić information content (AvgIpc) is 2.91. The molecule has 1 aliphatic heterocycles. The molecular formula is C15H26N2S. The molecule has 0 saturated carbocycles. The fourth-order valence-electron chi connectivity index (χ4n) is 2.69. The van der Waals surface area contributed by atoms with Gasteiger partial charge in [-0.25, -0.2) is 0 Å². The van der Waals surface area contributed by atoms with Crippen LogP contribution in [0.2, 0.25) is 0 Å². The number of piperidine rings is 1. The van der Waals surface area contributed by atoms with Gasteiger partial charge in [-0.2, -0.15) is 0 Å². The van der Waals surface area contributed by atoms with E-state index in [0.29, 0.717) is 0 Å². The Kier molecular flexibility index (Phi) is 6.18. The largest absolute Gasteiger partial charge is 0.316 e. The number of nitrogens with one attached hydrogen (secondary N) is 1. The Labute approximate surface area is 115 Å². The molecule has 0 aromatic carbocycles. The van der Waals surface area contributed by atoms with Gasteiger partial charge >= 0.3 is 0 Å². The summed E-state index contributed by atoms with van der Waals surface area (Å²) in [6.07, 6.45) is 6.77. The molecule has 1 atom stereocenters. The molecule has 1 fully saturated rings. The third-order valence-electron chi connectivity index (χ3n) is 3.87. The van der Waals surface area contributed by atoms with Crippen molar-refractivity contribution in [2.75, 3.05) is 33.2 Å². The minimum atomic E-state index is 0.935. The second kappa shape index (κ2) is 7.93. The van der Waals surface area contributed by atoms with Gasteiger partial charge in [0.1, 0.15) is 0 Å². The van der Waals surface area contributed by atoms with Crippen molar-refractivity contribution in [2.45, 2.75) is 32.1 Å². The Balaban J connectivity index is 1.52. The van der Waals surface area contributed by atoms with Crippen molar-refractivity contribution in [1.29, 1.82) is 0 Å². The van der Waals surface area contributed by atoms with Crippen molar-refractivity contribution >= 4 is 11.3 Å². The highest BCUT2D eigenvalue weighted by Gasteiger charge is 2.12. The lowest BCUT2D eigenvalue weighted by Gasteiger charge is -2.23. The molecule has 1 aromatic heterocycles. The third-order valence-corrected chi connectivity index (χ3v) is 4.81. The molecule has 2 heterocycles. The minimum absolute atomic E-state index is 0.935. The summed E-state index contributed by atoms with van der Waals surface area (Å²) in [5.41, 5.74) is 0. The molecule has 2 rings (SSSR count). The number of thiophene rings is 1. The first-order valence-electron chi connectivity index (χ1n) is 7.26. The Morgan fingerprint density at radius 3 is 3.11 bits per heavy atom. The molecule has 1 N–H and O–H groups in total. The number of nitrogens with zero attached hydrogens (tertiary/aromatic N) is 1. The summed E-state index contributed by atoms with van der Waals surface area (Å²) >= 11 is 1.88. The van der Waals surface area contributed by atoms with E-state index in [0.717, 1.165) is 5.92 Å². The summed E-state index contributed by atoms with van der Waals surface area (Å²) in [6.45, 7) is 4.93. The van der Waals surface area contributed by atoms with E-state index >= 15 is 0 Å². The van der Waals surface area contributed by atoms with Crippen LogP contribution in [0.3, 0.4) is 0 Å². The van der Waals surface area contributed by atoms with Gasteiger partial charge < -0.3 is 10.2 Å². The van der Waals surface area contributed by atoms with Crippen LogP contribution >= 0.6 is 11.3 Å². The molecule has 1 saturated heterocycles. The van der Waals surface area contributed by atoms with E-state index in [2.05, 4.69) is 34.8 Å². The number of likely N-dealkylation sites (N-methyl/N-ethyl adjacent to an activating group) is 1. The lowest BCUT2D eigenvalue weighted by molar-refractivity contribution is 0.295. The molecule has 1 unspecified atom stereocenters. The van der Waals surface area contributed by atoms with Gasteiger partial charge in [0.05, 0.1) is 0 Å². The summed E-state index contributed by atoms with van der Waals surface area (Å²) in [5, 5.41) is 5.68. The first-order chi connectivity index (χ1) is 8.84. The maximum absolute atomic E-state index is 3.50. The van der Waals surface area contributed by atoms with E-state index in [4.69, 9.17) is 0 Å². The van der Waals surface area contributed by atoms with E-state index in [-0.39, 0.29) is 0 Å². The van der Waals surface area contributed by atoms with Crippen LogP contribution in [0.25, 0.3) is 0 Å². The molecule has 102 valence electrons. The van der Waals surface area contributed by atoms with E-state index in [1.54, 1.807) is 0 Å². The van der Waals surface area contributed by atoms with Crippen molar-refractivity contribution < 1.29 is 0 Å². The van der Waals surface area contributed by atoms with Crippen LogP contribution in [0.15, 0.2) is 17.5 Å². The van der Waals surface area contributed by atoms with Crippen LogP contribution in [-0.2, 0) is 6.42 Å². The van der Waals surface area contributed by atoms with E-state index in [1.807, 2.05) is 11.3 Å². The molecule has 3 heteroatoms. The Morgan fingerprint density at radius 2 is 2.39 bits per heavy atom. The van der Waals surface area contributed by atoms with Crippen LogP contribution in [0.4, 0.5) is 0 Å². The maximum Gasteiger partial charge on any atom is 0.00579 e. The van der Waals surface area contributed by atoms with Crippen LogP contribution < -0.4 is 5.32 Å². The predicted octanol–water partition coefficient (Wildman–Crippen LogP) is 3.00. The molecule has 1 aromatic rings. The zero-order valence-electron chi connectivity index (χ0n) is 11.5. The molecule has 1 aliphatic rings. The number of hydrogen-bond donors (Lipinski definition) is 1. The van der Waals surface area contributed by atoms with Gasteiger partial charge in [0.25, 0.3) is 0 Å². The maximum atomic E-state index is 3.50. The average molecular weight is 266 g/mol. The zero-order valence-corrected chi connectivity index (χ0v) is 12.3. The van der Waals surface area contributed by atoms with Gasteiger partial charge in [0, 0.05) is 11.4 Å². The topological polar surface area (TPSA) is 15.3 Å². The van der Waals surface area contributed by atoms with Gasteiger partial charge in [-0.15, -0.1) is 11.3 Å². The summed E-state index contributed by atoms with van der Waals surface area (Å²) in [7, 11) is 2.26. The highest BCUT2D eigenvalue weighted by molar-refractivity contribution is 7.09. The number of rotatable bonds is 7. The number of hydrogen-bond acceptors (Lipinski definition) is 3. The highest BCUT2D eigenvalue weighted by atomic mass is 32.1. The van der Waals surface area contributed by atoms with Gasteiger partial charge in [-0.1, -0.05) is 6.07 Å². The third kappa shape index (κ3) is 5.09. The normalized spacial score (nSPS) is 20.4. The summed E-state index contributed by atoms with van der Waals surface area (Å²) in [4.78, 5) is 3.99. The first kappa shape index (κ1) is 14.0. The lowest BCUT2D eigenvalue weighted by atomic mass is 9.95. The fraction of sp³-hybridized carbons (Fsp3) is 0.733. The molecule has 0 radical (unpaired) electrons. The van der Waals surface area contributed by atoms with E-state index in [1.165, 1.54) is 63.2 Å². The zero-order chi connectivity index (χ0) is 12.6. The van der Waals surface area contributed by atoms with E-state index in [9.17, 15) is 0 Å². The molecule has 0 amide bonds. The summed E-state index contributed by atoms with van der Waals surface area (Å²) in [5.74, 6) is 0.935. The lowest BCUT2D eigenvalue weighted by Crippen LogP contribution is -2.30. The SMILES string of the molecule is CN(CCCC1CCCNC1)CCc1cccs1. The van der Waals surface area contributed by atoms with Gasteiger partial charge in [-0.3, -0.25) is 0 Å². The predicted molar refractivity (Wildman–Crippen MR) is 80.3 cm³/mol. The molecule has 0 spiro atoms. The quantitative estimate of drug-likeness (QED) is 0.816. The summed E-state index contributed by atoms with van der Waals surface area (Å²) < 4.78 is 0. The molecular weight excluding hydrogens is 240 g/mol. The second-order valence-corrected chi connectivity index (χ2v) is 6.52. The standard InChI is InChI=1S/C15H26N2S/c1-17(11-8-15-7-4-12-18-15)10-3-6-14-5-2-9-16-13-14/h4,7,12,14,16H,2-3,5-6,8-11,13H2,1H3. The van der Waals surface area contributed by atoms with Crippen molar-refractivity contribution in [3.63, 3.8) is 0 Å². The van der Waals surface area contributed by atoms with Crippen LogP contribution in [0, 0.1) is 5.92 Å². The summed E-state index contributed by atoms with van der Waals surface area (Å²) in [6, 6.07) is 4.39. The smallest absolute Gasteiger partial charge is 0.00579 e. The second-order valence-electron chi connectivity index (χ2n) is 5.49. The van der Waals surface area contributed by atoms with Crippen LogP contribution in [0.1, 0.15) is 30.6 Å². The van der Waals surface area contributed by atoms with E-state index < -0.39 is 0 Å². The van der Waals surface area contributed by atoms with Gasteiger partial charge in [-0.05, 0) is 76.2 Å². The van der Waals surface area contributed by atoms with Gasteiger partial charge in [0.2, 0.25) is 0 Å². The molecule has 2 nitrogen and oxygen atoms in total. The van der Waals surface area contributed by atoms with Crippen molar-refractivity contribution in [3.8, 4) is 0 Å². The highest BCUT2D eigenvalue weighted by Crippen LogP contribution is 2.16. The van der Waals surface area contributed by atoms with Crippen LogP contribution in [0.5, 0.6) is 0 Å². The van der Waals surface area contributed by atoms with Crippen molar-refractivity contribution in [2.24, 2.45) is 5.92 Å². The van der Waals surface area contributed by atoms with Crippen LogP contribution in [-0.4, -0.2) is 38.1 Å². The Bertz CT molecular complexity index is 304. The van der Waals surface area contributed by atoms with Crippen molar-refractivity contribution in [1.82, 2.24) is 10.2 Å². The minimum Gasteiger partial charge on any atom is -0.316 e. The van der Waals surface area contributed by atoms with Crippen molar-refractivity contribution in [3.05, 3.63) is 22.4 Å². The molecule has 0 bridgehead atoms. The Morgan fingerprint density at radius 1 is 1.44 bits per heavy atom. The fourth-order valence-corrected chi connectivity index (χ4v) is 3.39. The van der Waals surface area contributed by atoms with Gasteiger partial charge in [0.15, 0.2) is 0 Å². The first-order valence-corrected chi connectivity index (χ1v) is 8.14. The molecule has 0 aliphatic carbocycles.